The molecule has 3 aromatic carbocycles. The van der Waals surface area contributed by atoms with Crippen LogP contribution in [0.5, 0.6) is 23.0 Å². The SMILES string of the molecule is COCOc1ccc([C@@H](Oc2ccc(C=O)cc2OCc2ccccc2)[C@@H]2CO2)cc1OCOC. The molecule has 0 saturated carbocycles. The van der Waals surface area contributed by atoms with E-state index >= 15 is 0 Å². The molecule has 184 valence electrons. The van der Waals surface area contributed by atoms with Crippen LogP contribution in [0.2, 0.25) is 0 Å². The molecule has 8 nitrogen and oxygen atoms in total. The molecule has 1 aliphatic rings. The topological polar surface area (TPSA) is 85.0 Å². The molecule has 4 rings (SSSR count). The number of methoxy groups -OCH3 is 2. The normalized spacial score (nSPS) is 15.2. The molecule has 1 saturated heterocycles. The van der Waals surface area contributed by atoms with E-state index in [1.807, 2.05) is 42.5 Å². The maximum Gasteiger partial charge on any atom is 0.188 e. The number of rotatable bonds is 14. The predicted molar refractivity (Wildman–Crippen MR) is 127 cm³/mol. The van der Waals surface area contributed by atoms with Crippen LogP contribution in [0.25, 0.3) is 0 Å². The second kappa shape index (κ2) is 12.2. The largest absolute Gasteiger partial charge is 0.485 e. The zero-order chi connectivity index (χ0) is 24.5. The lowest BCUT2D eigenvalue weighted by Crippen LogP contribution is -2.15. The third kappa shape index (κ3) is 6.73. The Morgan fingerprint density at radius 3 is 2.23 bits per heavy atom. The van der Waals surface area contributed by atoms with E-state index in [1.165, 1.54) is 0 Å². The molecule has 0 aliphatic carbocycles. The van der Waals surface area contributed by atoms with Crippen LogP contribution in [0.4, 0.5) is 0 Å². The standard InChI is InChI=1S/C27H28O8/c1-29-17-33-22-11-9-21(13-25(22)34-18-30-2)27(26-16-32-26)35-23-10-8-20(14-28)12-24(23)31-15-19-6-4-3-5-7-19/h3-14,26-27H,15-18H2,1-2H3/t26-,27+/m0/s1. The molecule has 1 aliphatic heterocycles. The first-order chi connectivity index (χ1) is 17.2. The number of hydrogen-bond acceptors (Lipinski definition) is 8. The number of carbonyl (C=O) groups excluding carboxylic acids is 1. The number of benzene rings is 3. The summed E-state index contributed by atoms with van der Waals surface area (Å²) in [5.74, 6) is 1.99. The van der Waals surface area contributed by atoms with Crippen molar-refractivity contribution in [2.24, 2.45) is 0 Å². The lowest BCUT2D eigenvalue weighted by Gasteiger charge is -2.22. The van der Waals surface area contributed by atoms with Crippen molar-refractivity contribution in [3.63, 3.8) is 0 Å². The predicted octanol–water partition coefficient (Wildman–Crippen LogP) is 4.56. The smallest absolute Gasteiger partial charge is 0.188 e. The fraction of sp³-hybridized carbons (Fsp3) is 0.296. The van der Waals surface area contributed by atoms with Gasteiger partial charge in [0.25, 0.3) is 0 Å². The van der Waals surface area contributed by atoms with Gasteiger partial charge in [0.1, 0.15) is 19.0 Å². The minimum absolute atomic E-state index is 0.0584. The maximum absolute atomic E-state index is 11.4. The van der Waals surface area contributed by atoms with Crippen molar-refractivity contribution in [3.8, 4) is 23.0 Å². The molecular weight excluding hydrogens is 452 g/mol. The summed E-state index contributed by atoms with van der Waals surface area (Å²) in [6.07, 6.45) is 0.208. The fourth-order valence-electron chi connectivity index (χ4n) is 3.45. The average Bonchev–Trinajstić information content (AvgIpc) is 3.74. The van der Waals surface area contributed by atoms with Crippen LogP contribution in [0.15, 0.2) is 66.7 Å². The number of ether oxygens (including phenoxy) is 7. The van der Waals surface area contributed by atoms with Gasteiger partial charge in [0, 0.05) is 19.8 Å². The number of carbonyl (C=O) groups is 1. The highest BCUT2D eigenvalue weighted by Crippen LogP contribution is 2.40. The first-order valence-electron chi connectivity index (χ1n) is 11.1. The van der Waals surface area contributed by atoms with Crippen molar-refractivity contribution >= 4 is 6.29 Å². The van der Waals surface area contributed by atoms with Gasteiger partial charge in [0.05, 0.1) is 6.61 Å². The summed E-state index contributed by atoms with van der Waals surface area (Å²) in [5, 5.41) is 0. The average molecular weight is 481 g/mol. The third-order valence-electron chi connectivity index (χ3n) is 5.25. The van der Waals surface area contributed by atoms with Crippen LogP contribution in [0, 0.1) is 0 Å². The lowest BCUT2D eigenvalue weighted by atomic mass is 10.1. The van der Waals surface area contributed by atoms with Crippen molar-refractivity contribution in [1.29, 1.82) is 0 Å². The Labute approximate surface area is 204 Å². The van der Waals surface area contributed by atoms with Crippen LogP contribution in [0.1, 0.15) is 27.6 Å². The molecule has 8 heteroatoms. The molecule has 0 amide bonds. The Kier molecular flexibility index (Phi) is 8.56. The van der Waals surface area contributed by atoms with Gasteiger partial charge in [-0.05, 0) is 41.5 Å². The molecule has 0 N–H and O–H groups in total. The van der Waals surface area contributed by atoms with E-state index < -0.39 is 6.10 Å². The quantitative estimate of drug-likeness (QED) is 0.189. The highest BCUT2D eigenvalue weighted by atomic mass is 16.7. The second-order valence-electron chi connectivity index (χ2n) is 7.82. The molecule has 35 heavy (non-hydrogen) atoms. The van der Waals surface area contributed by atoms with Gasteiger partial charge in [-0.2, -0.15) is 0 Å². The summed E-state index contributed by atoms with van der Waals surface area (Å²) in [6, 6.07) is 20.4. The van der Waals surface area contributed by atoms with Crippen molar-refractivity contribution < 1.29 is 38.0 Å². The molecule has 0 spiro atoms. The highest BCUT2D eigenvalue weighted by Gasteiger charge is 2.37. The summed E-state index contributed by atoms with van der Waals surface area (Å²) in [5.41, 5.74) is 2.33. The first kappa shape index (κ1) is 24.5. The summed E-state index contributed by atoms with van der Waals surface area (Å²) < 4.78 is 39.4. The minimum atomic E-state index is -0.433. The molecule has 1 heterocycles. The van der Waals surface area contributed by atoms with Gasteiger partial charge in [0.15, 0.2) is 42.7 Å². The monoisotopic (exact) mass is 480 g/mol. The minimum Gasteiger partial charge on any atom is -0.485 e. The molecule has 0 aromatic heterocycles. The van der Waals surface area contributed by atoms with E-state index in [-0.39, 0.29) is 19.7 Å². The Morgan fingerprint density at radius 2 is 1.54 bits per heavy atom. The fourth-order valence-corrected chi connectivity index (χ4v) is 3.45. The summed E-state index contributed by atoms with van der Waals surface area (Å²) >= 11 is 0. The zero-order valence-electron chi connectivity index (χ0n) is 19.7. The van der Waals surface area contributed by atoms with Gasteiger partial charge >= 0.3 is 0 Å². The molecule has 0 bridgehead atoms. The Balaban J connectivity index is 1.59. The number of epoxide rings is 1. The van der Waals surface area contributed by atoms with E-state index in [9.17, 15) is 4.79 Å². The van der Waals surface area contributed by atoms with Gasteiger partial charge in [-0.25, -0.2) is 0 Å². The van der Waals surface area contributed by atoms with E-state index in [0.717, 1.165) is 17.4 Å². The van der Waals surface area contributed by atoms with E-state index in [1.54, 1.807) is 38.5 Å². The van der Waals surface area contributed by atoms with Crippen molar-refractivity contribution in [2.45, 2.75) is 18.8 Å². The van der Waals surface area contributed by atoms with Gasteiger partial charge in [0.2, 0.25) is 0 Å². The second-order valence-corrected chi connectivity index (χ2v) is 7.82. The van der Waals surface area contributed by atoms with E-state index in [4.69, 9.17) is 33.2 Å². The molecule has 0 unspecified atom stereocenters. The molecule has 1 fully saturated rings. The van der Waals surface area contributed by atoms with Crippen LogP contribution in [0.3, 0.4) is 0 Å². The highest BCUT2D eigenvalue weighted by molar-refractivity contribution is 5.76. The van der Waals surface area contributed by atoms with Crippen molar-refractivity contribution in [3.05, 3.63) is 83.4 Å². The summed E-state index contributed by atoms with van der Waals surface area (Å²) in [7, 11) is 3.09. The summed E-state index contributed by atoms with van der Waals surface area (Å²) in [6.45, 7) is 1.04. The van der Waals surface area contributed by atoms with Gasteiger partial charge < -0.3 is 33.2 Å². The van der Waals surface area contributed by atoms with Crippen molar-refractivity contribution in [2.75, 3.05) is 34.4 Å². The Morgan fingerprint density at radius 1 is 0.857 bits per heavy atom. The lowest BCUT2D eigenvalue weighted by molar-refractivity contribution is 0.0320. The van der Waals surface area contributed by atoms with E-state index in [0.29, 0.717) is 41.8 Å². The Bertz CT molecular complexity index is 1100. The van der Waals surface area contributed by atoms with Crippen LogP contribution in [-0.4, -0.2) is 46.8 Å². The molecule has 0 radical (unpaired) electrons. The molecule has 3 aromatic rings. The third-order valence-corrected chi connectivity index (χ3v) is 5.25. The number of hydrogen-bond donors (Lipinski definition) is 0. The Hall–Kier alpha value is -3.59. The summed E-state index contributed by atoms with van der Waals surface area (Å²) in [4.78, 5) is 11.4. The van der Waals surface area contributed by atoms with Gasteiger partial charge in [-0.15, -0.1) is 0 Å². The van der Waals surface area contributed by atoms with Crippen molar-refractivity contribution in [1.82, 2.24) is 0 Å². The maximum atomic E-state index is 11.4. The zero-order valence-corrected chi connectivity index (χ0v) is 19.7. The molecular formula is C27H28O8. The van der Waals surface area contributed by atoms with Crippen LogP contribution < -0.4 is 18.9 Å². The van der Waals surface area contributed by atoms with E-state index in [2.05, 4.69) is 0 Å². The van der Waals surface area contributed by atoms with Crippen LogP contribution >= 0.6 is 0 Å². The number of aldehydes is 1. The first-order valence-corrected chi connectivity index (χ1v) is 11.1. The van der Waals surface area contributed by atoms with Crippen LogP contribution in [-0.2, 0) is 20.8 Å². The van der Waals surface area contributed by atoms with Gasteiger partial charge in [-0.1, -0.05) is 36.4 Å². The molecule has 2 atom stereocenters. The van der Waals surface area contributed by atoms with Gasteiger partial charge in [-0.3, -0.25) is 4.79 Å².